The number of carbonyl (C=O) groups is 1. The zero-order chi connectivity index (χ0) is 20.1. The molecule has 0 radical (unpaired) electrons. The maximum Gasteiger partial charge on any atom is 0.269 e. The quantitative estimate of drug-likeness (QED) is 0.465. The molecule has 0 saturated carbocycles. The smallest absolute Gasteiger partial charge is 0.269 e. The van der Waals surface area contributed by atoms with Crippen LogP contribution in [-0.2, 0) is 11.2 Å². The number of anilines is 2. The first-order valence-corrected chi connectivity index (χ1v) is 8.63. The van der Waals surface area contributed by atoms with Crippen molar-refractivity contribution >= 4 is 23.1 Å². The molecule has 1 heterocycles. The van der Waals surface area contributed by atoms with Crippen molar-refractivity contribution in [2.24, 2.45) is 0 Å². The number of nitro benzene ring substituents is 1. The predicted octanol–water partition coefficient (Wildman–Crippen LogP) is 4.42. The second kappa shape index (κ2) is 8.26. The van der Waals surface area contributed by atoms with Crippen LogP contribution in [0.2, 0.25) is 0 Å². The van der Waals surface area contributed by atoms with Crippen LogP contribution in [0.1, 0.15) is 19.7 Å². The molecule has 3 rings (SSSR count). The first-order chi connectivity index (χ1) is 13.5. The summed E-state index contributed by atoms with van der Waals surface area (Å²) < 4.78 is 5.70. The standard InChI is InChI=1S/C20H18N4O4/c1-3-19-21-13-12-20(22-19)23(14(2)25)15-4-8-17(9-5-15)28-18-10-6-16(7-11-18)24(26)27/h4-13H,3H2,1-2H3. The molecule has 0 aliphatic rings. The van der Waals surface area contributed by atoms with Gasteiger partial charge in [-0.1, -0.05) is 6.92 Å². The second-order valence-corrected chi connectivity index (χ2v) is 5.89. The molecule has 0 saturated heterocycles. The van der Waals surface area contributed by atoms with Gasteiger partial charge in [-0.3, -0.25) is 19.8 Å². The molecule has 3 aromatic rings. The molecule has 0 spiro atoms. The summed E-state index contributed by atoms with van der Waals surface area (Å²) in [5, 5.41) is 10.7. The fraction of sp³-hybridized carbons (Fsp3) is 0.150. The first kappa shape index (κ1) is 19.0. The molecule has 1 amide bonds. The highest BCUT2D eigenvalue weighted by Gasteiger charge is 2.16. The summed E-state index contributed by atoms with van der Waals surface area (Å²) in [6, 6.07) is 14.4. The lowest BCUT2D eigenvalue weighted by Crippen LogP contribution is -2.24. The van der Waals surface area contributed by atoms with Crippen molar-refractivity contribution < 1.29 is 14.5 Å². The third kappa shape index (κ3) is 4.29. The Labute approximate surface area is 161 Å². The minimum absolute atomic E-state index is 0.00361. The van der Waals surface area contributed by atoms with E-state index in [1.807, 2.05) is 6.92 Å². The van der Waals surface area contributed by atoms with Gasteiger partial charge in [0.05, 0.1) is 10.6 Å². The van der Waals surface area contributed by atoms with E-state index in [1.165, 1.54) is 36.1 Å². The summed E-state index contributed by atoms with van der Waals surface area (Å²) in [5.74, 6) is 2.00. The molecule has 142 valence electrons. The maximum absolute atomic E-state index is 12.2. The Morgan fingerprint density at radius 1 is 1.07 bits per heavy atom. The zero-order valence-electron chi connectivity index (χ0n) is 15.4. The zero-order valence-corrected chi connectivity index (χ0v) is 15.4. The van der Waals surface area contributed by atoms with E-state index in [-0.39, 0.29) is 11.6 Å². The largest absolute Gasteiger partial charge is 0.457 e. The molecule has 0 aliphatic carbocycles. The van der Waals surface area contributed by atoms with Gasteiger partial charge in [0.25, 0.3) is 5.69 Å². The summed E-state index contributed by atoms with van der Waals surface area (Å²) in [7, 11) is 0. The third-order valence-electron chi connectivity index (χ3n) is 3.93. The number of ether oxygens (including phenoxy) is 1. The lowest BCUT2D eigenvalue weighted by molar-refractivity contribution is -0.384. The van der Waals surface area contributed by atoms with Gasteiger partial charge in [-0.2, -0.15) is 0 Å². The number of carbonyl (C=O) groups excluding carboxylic acids is 1. The number of nitrogens with zero attached hydrogens (tertiary/aromatic N) is 4. The Balaban J connectivity index is 1.81. The lowest BCUT2D eigenvalue weighted by atomic mass is 10.2. The van der Waals surface area contributed by atoms with Gasteiger partial charge in [0.2, 0.25) is 5.91 Å². The van der Waals surface area contributed by atoms with E-state index in [4.69, 9.17) is 4.74 Å². The summed E-state index contributed by atoms with van der Waals surface area (Å²) in [6.07, 6.45) is 2.30. The Kier molecular flexibility index (Phi) is 5.59. The number of hydrogen-bond donors (Lipinski definition) is 0. The highest BCUT2D eigenvalue weighted by molar-refractivity contribution is 5.98. The van der Waals surface area contributed by atoms with Crippen molar-refractivity contribution in [3.05, 3.63) is 76.7 Å². The Morgan fingerprint density at radius 2 is 1.68 bits per heavy atom. The summed E-state index contributed by atoms with van der Waals surface area (Å²) in [6.45, 7) is 3.41. The molecule has 0 atom stereocenters. The van der Waals surface area contributed by atoms with Crippen LogP contribution in [0.25, 0.3) is 0 Å². The Morgan fingerprint density at radius 3 is 2.21 bits per heavy atom. The van der Waals surface area contributed by atoms with Crippen LogP contribution in [0.5, 0.6) is 11.5 Å². The Hall–Kier alpha value is -3.81. The highest BCUT2D eigenvalue weighted by atomic mass is 16.6. The maximum atomic E-state index is 12.2. The van der Waals surface area contributed by atoms with Crippen molar-refractivity contribution in [3.8, 4) is 11.5 Å². The Bertz CT molecular complexity index is 988. The second-order valence-electron chi connectivity index (χ2n) is 5.89. The van der Waals surface area contributed by atoms with Gasteiger partial charge in [-0.05, 0) is 42.5 Å². The molecule has 0 bridgehead atoms. The van der Waals surface area contributed by atoms with Crippen LogP contribution in [0.15, 0.2) is 60.8 Å². The van der Waals surface area contributed by atoms with Gasteiger partial charge in [0, 0.05) is 31.7 Å². The molecular formula is C20H18N4O4. The van der Waals surface area contributed by atoms with Crippen molar-refractivity contribution in [1.29, 1.82) is 0 Å². The van der Waals surface area contributed by atoms with E-state index in [1.54, 1.807) is 36.5 Å². The number of non-ortho nitro benzene ring substituents is 1. The van der Waals surface area contributed by atoms with Crippen molar-refractivity contribution in [2.75, 3.05) is 4.90 Å². The molecule has 1 aromatic heterocycles. The summed E-state index contributed by atoms with van der Waals surface area (Å²) >= 11 is 0. The van der Waals surface area contributed by atoms with Crippen LogP contribution in [0, 0.1) is 10.1 Å². The van der Waals surface area contributed by atoms with E-state index < -0.39 is 4.92 Å². The van der Waals surface area contributed by atoms with Gasteiger partial charge in [-0.25, -0.2) is 9.97 Å². The van der Waals surface area contributed by atoms with E-state index in [0.717, 1.165) is 0 Å². The van der Waals surface area contributed by atoms with E-state index >= 15 is 0 Å². The van der Waals surface area contributed by atoms with Crippen molar-refractivity contribution in [3.63, 3.8) is 0 Å². The predicted molar refractivity (Wildman–Crippen MR) is 104 cm³/mol. The molecule has 0 N–H and O–H groups in total. The molecule has 0 fully saturated rings. The van der Waals surface area contributed by atoms with Crippen LogP contribution >= 0.6 is 0 Å². The minimum atomic E-state index is -0.466. The van der Waals surface area contributed by atoms with Gasteiger partial charge in [-0.15, -0.1) is 0 Å². The van der Waals surface area contributed by atoms with Gasteiger partial charge in [0.1, 0.15) is 23.1 Å². The van der Waals surface area contributed by atoms with Crippen LogP contribution in [-0.4, -0.2) is 20.8 Å². The molecule has 0 unspecified atom stereocenters. The molecular weight excluding hydrogens is 360 g/mol. The number of rotatable bonds is 6. The number of amides is 1. The normalized spacial score (nSPS) is 10.4. The van der Waals surface area contributed by atoms with E-state index in [0.29, 0.717) is 35.2 Å². The highest BCUT2D eigenvalue weighted by Crippen LogP contribution is 2.29. The summed E-state index contributed by atoms with van der Waals surface area (Å²) in [4.78, 5) is 32.5. The van der Waals surface area contributed by atoms with E-state index in [2.05, 4.69) is 9.97 Å². The average molecular weight is 378 g/mol. The van der Waals surface area contributed by atoms with Gasteiger partial charge < -0.3 is 4.74 Å². The molecule has 2 aromatic carbocycles. The van der Waals surface area contributed by atoms with Crippen LogP contribution in [0.3, 0.4) is 0 Å². The number of nitro groups is 1. The topological polar surface area (TPSA) is 98.5 Å². The molecule has 8 nitrogen and oxygen atoms in total. The molecule has 28 heavy (non-hydrogen) atoms. The fourth-order valence-corrected chi connectivity index (χ4v) is 2.59. The van der Waals surface area contributed by atoms with Crippen molar-refractivity contribution in [2.45, 2.75) is 20.3 Å². The monoisotopic (exact) mass is 378 g/mol. The minimum Gasteiger partial charge on any atom is -0.457 e. The van der Waals surface area contributed by atoms with Crippen LogP contribution < -0.4 is 9.64 Å². The number of aryl methyl sites for hydroxylation is 1. The van der Waals surface area contributed by atoms with E-state index in [9.17, 15) is 14.9 Å². The van der Waals surface area contributed by atoms with Crippen LogP contribution in [0.4, 0.5) is 17.2 Å². The average Bonchev–Trinajstić information content (AvgIpc) is 2.70. The molecule has 8 heteroatoms. The van der Waals surface area contributed by atoms with Gasteiger partial charge in [0.15, 0.2) is 0 Å². The summed E-state index contributed by atoms with van der Waals surface area (Å²) in [5.41, 5.74) is 0.639. The fourth-order valence-electron chi connectivity index (χ4n) is 2.59. The number of aromatic nitrogens is 2. The number of hydrogen-bond acceptors (Lipinski definition) is 6. The number of benzene rings is 2. The van der Waals surface area contributed by atoms with Gasteiger partial charge >= 0.3 is 0 Å². The third-order valence-corrected chi connectivity index (χ3v) is 3.93. The lowest BCUT2D eigenvalue weighted by Gasteiger charge is -2.20. The molecule has 0 aliphatic heterocycles. The first-order valence-electron chi connectivity index (χ1n) is 8.63. The van der Waals surface area contributed by atoms with Crippen molar-refractivity contribution in [1.82, 2.24) is 9.97 Å². The SMILES string of the molecule is CCc1nccc(N(C(C)=O)c2ccc(Oc3ccc([N+](=O)[O-])cc3)cc2)n1.